The summed E-state index contributed by atoms with van der Waals surface area (Å²) in [5.74, 6) is 0.597. The Morgan fingerprint density at radius 2 is 2.18 bits per heavy atom. The molecule has 0 unspecified atom stereocenters. The van der Waals surface area contributed by atoms with Gasteiger partial charge < -0.3 is 4.74 Å². The Morgan fingerprint density at radius 3 is 2.76 bits per heavy atom. The summed E-state index contributed by atoms with van der Waals surface area (Å²) in [6.45, 7) is 0. The van der Waals surface area contributed by atoms with Crippen molar-refractivity contribution < 1.29 is 9.53 Å². The lowest BCUT2D eigenvalue weighted by molar-refractivity contribution is 0.103. The van der Waals surface area contributed by atoms with E-state index in [1.54, 1.807) is 7.11 Å². The lowest BCUT2D eigenvalue weighted by atomic mass is 10.1. The lowest BCUT2D eigenvalue weighted by Crippen LogP contribution is -2.03. The number of carbonyl (C=O) groups is 1. The number of hydrogen-bond donors (Lipinski definition) is 0. The Bertz CT molecular complexity index is 565. The van der Waals surface area contributed by atoms with Gasteiger partial charge in [0.15, 0.2) is 5.78 Å². The van der Waals surface area contributed by atoms with Crippen LogP contribution >= 0.6 is 49.9 Å². The predicted octanol–water partition coefficient (Wildman–Crippen LogP) is 4.35. The summed E-state index contributed by atoms with van der Waals surface area (Å²) in [4.78, 5) is 12.3. The normalized spacial score (nSPS) is 10.3. The van der Waals surface area contributed by atoms with Crippen LogP contribution in [0.3, 0.4) is 0 Å². The minimum absolute atomic E-state index is 0.0117. The third kappa shape index (κ3) is 2.89. The number of carbonyl (C=O) groups excluding carboxylic acids is 1. The zero-order chi connectivity index (χ0) is 12.4. The summed E-state index contributed by atoms with van der Waals surface area (Å²) < 4.78 is 7.18. The second-order valence-corrected chi connectivity index (χ2v) is 6.85. The van der Waals surface area contributed by atoms with Crippen molar-refractivity contribution in [3.05, 3.63) is 48.1 Å². The van der Waals surface area contributed by atoms with Gasteiger partial charge in [-0.3, -0.25) is 4.79 Å². The molecule has 0 N–H and O–H groups in total. The molecule has 0 atom stereocenters. The van der Waals surface area contributed by atoms with E-state index >= 15 is 0 Å². The van der Waals surface area contributed by atoms with Crippen molar-refractivity contribution in [2.24, 2.45) is 0 Å². The van der Waals surface area contributed by atoms with Gasteiger partial charge in [-0.15, -0.1) is 11.3 Å². The van der Waals surface area contributed by atoms with E-state index in [1.165, 1.54) is 11.3 Å². The van der Waals surface area contributed by atoms with E-state index < -0.39 is 0 Å². The van der Waals surface area contributed by atoms with E-state index in [9.17, 15) is 4.79 Å². The van der Waals surface area contributed by atoms with Crippen molar-refractivity contribution in [3.63, 3.8) is 0 Å². The Balaban J connectivity index is 2.46. The maximum Gasteiger partial charge on any atom is 0.197 e. The zero-order valence-electron chi connectivity index (χ0n) is 8.87. The smallest absolute Gasteiger partial charge is 0.197 e. The highest BCUT2D eigenvalue weighted by Crippen LogP contribution is 2.27. The second-order valence-electron chi connectivity index (χ2n) is 3.31. The van der Waals surface area contributed by atoms with Gasteiger partial charge >= 0.3 is 0 Å². The largest absolute Gasteiger partial charge is 0.496 e. The quantitative estimate of drug-likeness (QED) is 0.542. The predicted molar refractivity (Wildman–Crippen MR) is 81.2 cm³/mol. The standard InChI is InChI=1S/C12H8BrIO2S/c1-16-10-3-2-8(14)5-9(10)12(15)7-4-11(13)17-6-7/h2-6H,1H3. The molecule has 17 heavy (non-hydrogen) atoms. The number of rotatable bonds is 3. The van der Waals surface area contributed by atoms with Gasteiger partial charge in [0.1, 0.15) is 5.75 Å². The molecule has 0 fully saturated rings. The molecule has 2 rings (SSSR count). The number of ether oxygens (including phenoxy) is 1. The van der Waals surface area contributed by atoms with Gasteiger partial charge in [-0.05, 0) is 62.8 Å². The van der Waals surface area contributed by atoms with E-state index in [1.807, 2.05) is 29.6 Å². The summed E-state index contributed by atoms with van der Waals surface area (Å²) >= 11 is 7.04. The molecule has 1 aromatic carbocycles. The van der Waals surface area contributed by atoms with Crippen molar-refractivity contribution in [1.82, 2.24) is 0 Å². The van der Waals surface area contributed by atoms with E-state index in [4.69, 9.17) is 4.74 Å². The highest BCUT2D eigenvalue weighted by Gasteiger charge is 2.16. The molecule has 88 valence electrons. The van der Waals surface area contributed by atoms with Crippen molar-refractivity contribution in [2.75, 3.05) is 7.11 Å². The SMILES string of the molecule is COc1ccc(I)cc1C(=O)c1csc(Br)c1. The zero-order valence-corrected chi connectivity index (χ0v) is 13.4. The fourth-order valence-corrected chi connectivity index (χ4v) is 3.07. The van der Waals surface area contributed by atoms with Crippen LogP contribution in [0, 0.1) is 3.57 Å². The molecule has 0 bridgehead atoms. The first-order valence-corrected chi connectivity index (χ1v) is 7.49. The monoisotopic (exact) mass is 422 g/mol. The van der Waals surface area contributed by atoms with Gasteiger partial charge in [-0.25, -0.2) is 0 Å². The van der Waals surface area contributed by atoms with E-state index in [-0.39, 0.29) is 5.78 Å². The van der Waals surface area contributed by atoms with Gasteiger partial charge in [0, 0.05) is 14.5 Å². The molecule has 0 aliphatic carbocycles. The van der Waals surface area contributed by atoms with Crippen molar-refractivity contribution in [2.45, 2.75) is 0 Å². The highest BCUT2D eigenvalue weighted by molar-refractivity contribution is 14.1. The van der Waals surface area contributed by atoms with E-state index in [0.717, 1.165) is 7.36 Å². The van der Waals surface area contributed by atoms with Crippen LogP contribution in [0.4, 0.5) is 0 Å². The summed E-state index contributed by atoms with van der Waals surface area (Å²) in [6, 6.07) is 7.40. The molecule has 2 aromatic rings. The minimum Gasteiger partial charge on any atom is -0.496 e. The first-order valence-electron chi connectivity index (χ1n) is 4.74. The maximum atomic E-state index is 12.3. The number of methoxy groups -OCH3 is 1. The third-order valence-corrected chi connectivity index (χ3v) is 4.41. The first-order chi connectivity index (χ1) is 8.11. The molecule has 0 spiro atoms. The lowest BCUT2D eigenvalue weighted by Gasteiger charge is -2.07. The third-order valence-electron chi connectivity index (χ3n) is 2.24. The molecule has 0 radical (unpaired) electrons. The number of thiophene rings is 1. The van der Waals surface area contributed by atoms with Gasteiger partial charge in [-0.2, -0.15) is 0 Å². The Hall–Kier alpha value is -0.400. The molecule has 1 aromatic heterocycles. The second kappa shape index (κ2) is 5.49. The Morgan fingerprint density at radius 1 is 1.41 bits per heavy atom. The maximum absolute atomic E-state index is 12.3. The van der Waals surface area contributed by atoms with Crippen molar-refractivity contribution in [1.29, 1.82) is 0 Å². The molecular weight excluding hydrogens is 415 g/mol. The van der Waals surface area contributed by atoms with E-state index in [2.05, 4.69) is 38.5 Å². The number of ketones is 1. The molecule has 0 aliphatic rings. The summed E-state index contributed by atoms with van der Waals surface area (Å²) in [6.07, 6.45) is 0. The van der Waals surface area contributed by atoms with Crippen molar-refractivity contribution in [3.8, 4) is 5.75 Å². The average Bonchev–Trinajstić information content (AvgIpc) is 2.75. The minimum atomic E-state index is -0.0117. The topological polar surface area (TPSA) is 26.3 Å². The van der Waals surface area contributed by atoms with Crippen LogP contribution < -0.4 is 4.74 Å². The highest BCUT2D eigenvalue weighted by atomic mass is 127. The molecule has 1 heterocycles. The molecule has 0 aliphatic heterocycles. The molecule has 2 nitrogen and oxygen atoms in total. The van der Waals surface area contributed by atoms with Crippen LogP contribution in [0.25, 0.3) is 0 Å². The fraction of sp³-hybridized carbons (Fsp3) is 0.0833. The number of halogens is 2. The van der Waals surface area contributed by atoms with Crippen LogP contribution in [0.15, 0.2) is 33.4 Å². The van der Waals surface area contributed by atoms with Gasteiger partial charge in [0.05, 0.1) is 16.5 Å². The fourth-order valence-electron chi connectivity index (χ4n) is 1.44. The van der Waals surface area contributed by atoms with Crippen LogP contribution in [-0.4, -0.2) is 12.9 Å². The molecule has 5 heteroatoms. The van der Waals surface area contributed by atoms with Crippen LogP contribution in [0.2, 0.25) is 0 Å². The number of hydrogen-bond acceptors (Lipinski definition) is 3. The van der Waals surface area contributed by atoms with Gasteiger partial charge in [0.25, 0.3) is 0 Å². The van der Waals surface area contributed by atoms with Crippen LogP contribution in [0.5, 0.6) is 5.75 Å². The molecule has 0 amide bonds. The van der Waals surface area contributed by atoms with E-state index in [0.29, 0.717) is 16.9 Å². The first kappa shape index (κ1) is 13.0. The molecular formula is C12H8BrIO2S. The average molecular weight is 423 g/mol. The van der Waals surface area contributed by atoms with Gasteiger partial charge in [0.2, 0.25) is 0 Å². The summed E-state index contributed by atoms with van der Waals surface area (Å²) in [7, 11) is 1.57. The number of benzene rings is 1. The van der Waals surface area contributed by atoms with Gasteiger partial charge in [-0.1, -0.05) is 0 Å². The molecule has 0 saturated heterocycles. The summed E-state index contributed by atoms with van der Waals surface area (Å²) in [5, 5.41) is 1.84. The Labute approximate surface area is 125 Å². The summed E-state index contributed by atoms with van der Waals surface area (Å²) in [5.41, 5.74) is 1.28. The van der Waals surface area contributed by atoms with Crippen LogP contribution in [-0.2, 0) is 0 Å². The van der Waals surface area contributed by atoms with Crippen LogP contribution in [0.1, 0.15) is 15.9 Å². The van der Waals surface area contributed by atoms with Crippen molar-refractivity contribution >= 4 is 55.6 Å². The Kier molecular flexibility index (Phi) is 4.22. The molecule has 0 saturated carbocycles.